The minimum atomic E-state index is -0.574. The van der Waals surface area contributed by atoms with Gasteiger partial charge in [0.05, 0.1) is 16.9 Å². The molecule has 12 nitrogen and oxygen atoms in total. The average molecular weight is 508 g/mol. The number of thioether (sulfide) groups is 1. The maximum atomic E-state index is 12.6. The largest absolute Gasteiger partial charge is 0.329 e. The summed E-state index contributed by atoms with van der Waals surface area (Å²) in [6, 6.07) is 15.4. The van der Waals surface area contributed by atoms with Crippen molar-refractivity contribution in [3.8, 4) is 0 Å². The molecule has 0 fully saturated rings. The third kappa shape index (κ3) is 5.58. The molecule has 0 saturated heterocycles. The smallest absolute Gasteiger partial charge is 0.313 e. The molecule has 0 atom stereocenters. The Balaban J connectivity index is 1.49. The van der Waals surface area contributed by atoms with Crippen LogP contribution in [-0.2, 0) is 24.8 Å². The van der Waals surface area contributed by atoms with Gasteiger partial charge in [0.1, 0.15) is 0 Å². The number of rotatable bonds is 9. The minimum absolute atomic E-state index is 0.0425. The molecule has 2 aromatic heterocycles. The van der Waals surface area contributed by atoms with Gasteiger partial charge in [0.15, 0.2) is 16.3 Å². The summed E-state index contributed by atoms with van der Waals surface area (Å²) >= 11 is 1.11. The van der Waals surface area contributed by atoms with Crippen molar-refractivity contribution in [2.75, 3.05) is 5.75 Å². The van der Waals surface area contributed by atoms with Crippen molar-refractivity contribution in [2.24, 2.45) is 12.1 Å². The predicted octanol–water partition coefficient (Wildman–Crippen LogP) is 1.82. The molecule has 2 heterocycles. The summed E-state index contributed by atoms with van der Waals surface area (Å²) in [5.41, 5.74) is 3.37. The molecule has 0 aliphatic rings. The first-order valence-electron chi connectivity index (χ1n) is 10.8. The number of hydrogen-bond acceptors (Lipinski definition) is 8. The number of non-ortho nitro benzene ring substituents is 1. The lowest BCUT2D eigenvalue weighted by Gasteiger charge is -2.08. The molecule has 0 aliphatic carbocycles. The molecule has 36 heavy (non-hydrogen) atoms. The van der Waals surface area contributed by atoms with Gasteiger partial charge < -0.3 is 4.57 Å². The highest BCUT2D eigenvalue weighted by molar-refractivity contribution is 7.99. The van der Waals surface area contributed by atoms with Crippen LogP contribution < -0.4 is 16.7 Å². The normalized spacial score (nSPS) is 11.2. The fourth-order valence-corrected chi connectivity index (χ4v) is 4.26. The number of H-pyrrole nitrogens is 1. The van der Waals surface area contributed by atoms with Crippen LogP contribution in [0.2, 0.25) is 0 Å². The summed E-state index contributed by atoms with van der Waals surface area (Å²) in [7, 11) is 1.52. The Morgan fingerprint density at radius 2 is 1.92 bits per heavy atom. The predicted molar refractivity (Wildman–Crippen MR) is 135 cm³/mol. The van der Waals surface area contributed by atoms with E-state index in [0.29, 0.717) is 23.7 Å². The quantitative estimate of drug-likeness (QED) is 0.151. The van der Waals surface area contributed by atoms with Gasteiger partial charge in [0, 0.05) is 25.7 Å². The molecule has 13 heteroatoms. The molecule has 0 saturated carbocycles. The van der Waals surface area contributed by atoms with E-state index in [1.165, 1.54) is 42.1 Å². The van der Waals surface area contributed by atoms with Gasteiger partial charge in [-0.05, 0) is 29.7 Å². The molecular formula is C23H21N7O5S. The number of carbonyl (C=O) groups is 1. The number of fused-ring (bicyclic) bond motifs is 1. The Morgan fingerprint density at radius 1 is 1.19 bits per heavy atom. The average Bonchev–Trinajstić information content (AvgIpc) is 3.25. The number of aryl methyl sites for hydroxylation is 3. The van der Waals surface area contributed by atoms with E-state index in [1.807, 2.05) is 30.3 Å². The van der Waals surface area contributed by atoms with Gasteiger partial charge in [-0.25, -0.2) is 15.2 Å². The Hall–Kier alpha value is -4.52. The van der Waals surface area contributed by atoms with Crippen molar-refractivity contribution in [1.29, 1.82) is 0 Å². The summed E-state index contributed by atoms with van der Waals surface area (Å²) in [5.74, 6) is -0.458. The Kier molecular flexibility index (Phi) is 7.39. The van der Waals surface area contributed by atoms with E-state index in [0.717, 1.165) is 17.3 Å². The number of aromatic nitrogens is 4. The van der Waals surface area contributed by atoms with Crippen molar-refractivity contribution in [3.05, 3.63) is 96.7 Å². The van der Waals surface area contributed by atoms with Crippen LogP contribution in [0.15, 0.2) is 74.4 Å². The first kappa shape index (κ1) is 24.6. The zero-order valence-corrected chi connectivity index (χ0v) is 19.9. The number of nitrogens with one attached hydrogen (secondary N) is 2. The highest BCUT2D eigenvalue weighted by atomic mass is 32.2. The summed E-state index contributed by atoms with van der Waals surface area (Å²) < 4.78 is 2.97. The molecule has 184 valence electrons. The monoisotopic (exact) mass is 507 g/mol. The second kappa shape index (κ2) is 10.8. The van der Waals surface area contributed by atoms with Crippen LogP contribution in [0.5, 0.6) is 0 Å². The zero-order valence-electron chi connectivity index (χ0n) is 19.1. The molecule has 1 amide bonds. The Bertz CT molecular complexity index is 1560. The Morgan fingerprint density at radius 3 is 2.61 bits per heavy atom. The van der Waals surface area contributed by atoms with E-state index in [2.05, 4.69) is 20.5 Å². The SMILES string of the molecule is Cn1c(=O)[nH]c(=O)c2c1nc(SCC(=O)N/N=C\c1ccc([N+](=O)[O-])cc1)n2CCc1ccccc1. The number of nitrogens with zero attached hydrogens (tertiary/aromatic N) is 5. The number of amides is 1. The van der Waals surface area contributed by atoms with E-state index < -0.39 is 22.1 Å². The van der Waals surface area contributed by atoms with Gasteiger partial charge in [-0.3, -0.25) is 29.3 Å². The fourth-order valence-electron chi connectivity index (χ4n) is 3.44. The molecule has 2 aromatic carbocycles. The molecular weight excluding hydrogens is 486 g/mol. The van der Waals surface area contributed by atoms with Crippen molar-refractivity contribution in [1.82, 2.24) is 24.5 Å². The number of imidazole rings is 1. The molecule has 4 rings (SSSR count). The summed E-state index contributed by atoms with van der Waals surface area (Å²) in [5, 5.41) is 15.0. The molecule has 2 N–H and O–H groups in total. The number of hydrazone groups is 1. The van der Waals surface area contributed by atoms with Crippen LogP contribution in [-0.4, -0.2) is 41.9 Å². The third-order valence-electron chi connectivity index (χ3n) is 5.28. The molecule has 0 aliphatic heterocycles. The van der Waals surface area contributed by atoms with Crippen LogP contribution in [0, 0.1) is 10.1 Å². The fraction of sp³-hybridized carbons (Fsp3) is 0.174. The molecule has 0 unspecified atom stereocenters. The zero-order chi connectivity index (χ0) is 25.7. The number of nitro groups is 1. The van der Waals surface area contributed by atoms with E-state index in [1.54, 1.807) is 4.57 Å². The second-order valence-electron chi connectivity index (χ2n) is 7.70. The maximum Gasteiger partial charge on any atom is 0.329 e. The van der Waals surface area contributed by atoms with E-state index >= 15 is 0 Å². The molecule has 0 radical (unpaired) electrons. The van der Waals surface area contributed by atoms with Gasteiger partial charge in [-0.2, -0.15) is 5.10 Å². The lowest BCUT2D eigenvalue weighted by Crippen LogP contribution is -2.29. The first-order valence-corrected chi connectivity index (χ1v) is 11.7. The van der Waals surface area contributed by atoms with Crippen molar-refractivity contribution in [2.45, 2.75) is 18.1 Å². The second-order valence-corrected chi connectivity index (χ2v) is 8.65. The van der Waals surface area contributed by atoms with Crippen LogP contribution in [0.25, 0.3) is 11.2 Å². The van der Waals surface area contributed by atoms with E-state index in [4.69, 9.17) is 0 Å². The number of aromatic amines is 1. The van der Waals surface area contributed by atoms with Crippen LogP contribution in [0.3, 0.4) is 0 Å². The topological polar surface area (TPSA) is 157 Å². The van der Waals surface area contributed by atoms with Crippen LogP contribution in [0.1, 0.15) is 11.1 Å². The highest BCUT2D eigenvalue weighted by Crippen LogP contribution is 2.22. The van der Waals surface area contributed by atoms with Gasteiger partial charge >= 0.3 is 5.69 Å². The molecule has 0 bridgehead atoms. The molecule has 0 spiro atoms. The van der Waals surface area contributed by atoms with Gasteiger partial charge in [0.25, 0.3) is 17.2 Å². The summed E-state index contributed by atoms with van der Waals surface area (Å²) in [6.07, 6.45) is 1.99. The van der Waals surface area contributed by atoms with Crippen LogP contribution in [0.4, 0.5) is 5.69 Å². The summed E-state index contributed by atoms with van der Waals surface area (Å²) in [6.45, 7) is 0.421. The number of nitro benzene ring substituents is 1. The van der Waals surface area contributed by atoms with Gasteiger partial charge in [-0.15, -0.1) is 0 Å². The lowest BCUT2D eigenvalue weighted by molar-refractivity contribution is -0.384. The van der Waals surface area contributed by atoms with Crippen molar-refractivity contribution in [3.63, 3.8) is 0 Å². The minimum Gasteiger partial charge on any atom is -0.313 e. The van der Waals surface area contributed by atoms with Gasteiger partial charge in [0.2, 0.25) is 0 Å². The maximum absolute atomic E-state index is 12.6. The van der Waals surface area contributed by atoms with E-state index in [9.17, 15) is 24.5 Å². The number of carbonyl (C=O) groups excluding carboxylic acids is 1. The number of benzene rings is 2. The Labute approximate surface area is 207 Å². The van der Waals surface area contributed by atoms with Gasteiger partial charge in [-0.1, -0.05) is 42.1 Å². The summed E-state index contributed by atoms with van der Waals surface area (Å²) in [4.78, 5) is 54.0. The standard InChI is InChI=1S/C23H21N7O5S/c1-28-20-19(21(32)26-22(28)33)29(12-11-15-5-3-2-4-6-15)23(25-20)36-14-18(31)27-24-13-16-7-9-17(10-8-16)30(34)35/h2-10,13H,11-12,14H2,1H3,(H,27,31)(H,26,32,33)/b24-13-. The van der Waals surface area contributed by atoms with E-state index in [-0.39, 0.29) is 22.6 Å². The van der Waals surface area contributed by atoms with Crippen LogP contribution >= 0.6 is 11.8 Å². The first-order chi connectivity index (χ1) is 17.3. The molecule has 4 aromatic rings. The highest BCUT2D eigenvalue weighted by Gasteiger charge is 2.18. The van der Waals surface area contributed by atoms with Crippen molar-refractivity contribution < 1.29 is 9.72 Å². The van der Waals surface area contributed by atoms with Crippen molar-refractivity contribution >= 4 is 40.7 Å². The third-order valence-corrected chi connectivity index (χ3v) is 6.25. The number of hydrogen-bond donors (Lipinski definition) is 2. The lowest BCUT2D eigenvalue weighted by atomic mass is 10.1.